The highest BCUT2D eigenvalue weighted by molar-refractivity contribution is 9.10. The highest BCUT2D eigenvalue weighted by Crippen LogP contribution is 2.39. The van der Waals surface area contributed by atoms with Crippen molar-refractivity contribution in [1.82, 2.24) is 0 Å². The third kappa shape index (κ3) is 3.04. The van der Waals surface area contributed by atoms with Crippen LogP contribution in [0.25, 0.3) is 0 Å². The second kappa shape index (κ2) is 5.31. The molecule has 2 rings (SSSR count). The van der Waals surface area contributed by atoms with Crippen molar-refractivity contribution < 1.29 is 22.5 Å². The fraction of sp³-hybridized carbons (Fsp3) is 0.300. The van der Waals surface area contributed by atoms with Crippen molar-refractivity contribution in [3.05, 3.63) is 32.5 Å². The number of nitro groups is 1. The van der Waals surface area contributed by atoms with Gasteiger partial charge in [0.25, 0.3) is 5.69 Å². The number of halogens is 2. The molecule has 1 fully saturated rings. The number of nitro benzene ring substituents is 1. The molecule has 21 heavy (non-hydrogen) atoms. The van der Waals surface area contributed by atoms with Crippen molar-refractivity contribution in [2.45, 2.75) is 11.7 Å². The highest BCUT2D eigenvalue weighted by Gasteiger charge is 2.40. The molecule has 1 unspecified atom stereocenters. The summed E-state index contributed by atoms with van der Waals surface area (Å²) in [7, 11) is -3.95. The molecule has 2 N–H and O–H groups in total. The minimum atomic E-state index is -3.95. The van der Waals surface area contributed by atoms with Gasteiger partial charge in [0.15, 0.2) is 0 Å². The van der Waals surface area contributed by atoms with E-state index in [9.17, 15) is 27.7 Å². The lowest BCUT2D eigenvalue weighted by atomic mass is 10.2. The molecular weight excluding hydrogens is 373 g/mol. The lowest BCUT2D eigenvalue weighted by molar-refractivity contribution is -0.384. The topological polar surface area (TPSA) is 124 Å². The Labute approximate surface area is 127 Å². The molecule has 1 amide bonds. The highest BCUT2D eigenvalue weighted by atomic mass is 79.9. The molecule has 1 heterocycles. The van der Waals surface area contributed by atoms with Crippen molar-refractivity contribution in [2.24, 2.45) is 5.14 Å². The van der Waals surface area contributed by atoms with E-state index in [4.69, 9.17) is 5.14 Å². The normalized spacial score (nSPS) is 19.1. The predicted octanol–water partition coefficient (Wildman–Crippen LogP) is 0.890. The minimum absolute atomic E-state index is 0.0161. The van der Waals surface area contributed by atoms with Crippen LogP contribution < -0.4 is 10.0 Å². The fourth-order valence-corrected chi connectivity index (χ4v) is 3.44. The summed E-state index contributed by atoms with van der Waals surface area (Å²) in [4.78, 5) is 23.0. The van der Waals surface area contributed by atoms with E-state index in [2.05, 4.69) is 15.9 Å². The summed E-state index contributed by atoms with van der Waals surface area (Å²) in [6.07, 6.45) is -0.375. The first kappa shape index (κ1) is 15.8. The third-order valence-corrected chi connectivity index (χ3v) is 4.88. The van der Waals surface area contributed by atoms with E-state index in [1.807, 2.05) is 0 Å². The van der Waals surface area contributed by atoms with Gasteiger partial charge in [-0.25, -0.2) is 17.9 Å². The number of benzene rings is 1. The number of anilines is 1. The van der Waals surface area contributed by atoms with Crippen LogP contribution in [0.2, 0.25) is 0 Å². The number of hydrogen-bond acceptors (Lipinski definition) is 5. The van der Waals surface area contributed by atoms with Crippen LogP contribution in [0.15, 0.2) is 16.6 Å². The first-order chi connectivity index (χ1) is 9.61. The lowest BCUT2D eigenvalue weighted by Gasteiger charge is -2.18. The average Bonchev–Trinajstić information content (AvgIpc) is 2.70. The van der Waals surface area contributed by atoms with Crippen LogP contribution in [-0.4, -0.2) is 31.0 Å². The molecule has 1 aromatic carbocycles. The van der Waals surface area contributed by atoms with E-state index in [0.717, 1.165) is 11.0 Å². The molecule has 1 saturated heterocycles. The van der Waals surface area contributed by atoms with Gasteiger partial charge in [-0.15, -0.1) is 0 Å². The number of hydrogen-bond donors (Lipinski definition) is 1. The molecular formula is C10H9BrFN3O5S. The number of amides is 1. The van der Waals surface area contributed by atoms with E-state index in [1.165, 1.54) is 0 Å². The van der Waals surface area contributed by atoms with Crippen molar-refractivity contribution >= 4 is 43.2 Å². The molecule has 114 valence electrons. The number of carbonyl (C=O) groups excluding carboxylic acids is 1. The number of primary sulfonamides is 1. The van der Waals surface area contributed by atoms with E-state index >= 15 is 0 Å². The largest absolute Gasteiger partial charge is 0.304 e. The summed E-state index contributed by atoms with van der Waals surface area (Å²) < 4.78 is 35.9. The molecule has 0 aromatic heterocycles. The van der Waals surface area contributed by atoms with Crippen LogP contribution in [0.4, 0.5) is 15.8 Å². The molecule has 0 radical (unpaired) electrons. The Morgan fingerprint density at radius 1 is 1.48 bits per heavy atom. The van der Waals surface area contributed by atoms with Crippen molar-refractivity contribution in [3.8, 4) is 0 Å². The Hall–Kier alpha value is -1.59. The number of nitrogens with two attached hydrogens (primary N) is 1. The summed E-state index contributed by atoms with van der Waals surface area (Å²) in [5.41, 5.74) is -0.817. The average molecular weight is 382 g/mol. The molecule has 11 heteroatoms. The second-order valence-corrected chi connectivity index (χ2v) is 7.13. The smallest absolute Gasteiger partial charge is 0.297 e. The number of sulfonamides is 1. The molecule has 1 atom stereocenters. The van der Waals surface area contributed by atoms with Gasteiger partial charge < -0.3 is 4.90 Å². The zero-order chi connectivity index (χ0) is 15.9. The number of rotatable bonds is 3. The molecule has 8 nitrogen and oxygen atoms in total. The van der Waals surface area contributed by atoms with E-state index in [-0.39, 0.29) is 23.1 Å². The van der Waals surface area contributed by atoms with Crippen LogP contribution in [0.3, 0.4) is 0 Å². The molecule has 1 aromatic rings. The summed E-state index contributed by atoms with van der Waals surface area (Å²) in [6.45, 7) is -0.317. The number of carbonyl (C=O) groups is 1. The monoisotopic (exact) mass is 381 g/mol. The maximum Gasteiger partial charge on any atom is 0.297 e. The quantitative estimate of drug-likeness (QED) is 0.614. The van der Waals surface area contributed by atoms with Crippen molar-refractivity contribution in [2.75, 3.05) is 11.4 Å². The first-order valence-corrected chi connectivity index (χ1v) is 7.97. The summed E-state index contributed by atoms with van der Waals surface area (Å²) >= 11 is 2.96. The molecule has 0 aliphatic carbocycles. The Morgan fingerprint density at radius 3 is 2.57 bits per heavy atom. The van der Waals surface area contributed by atoms with Gasteiger partial charge in [0.2, 0.25) is 15.9 Å². The van der Waals surface area contributed by atoms with Gasteiger partial charge in [-0.3, -0.25) is 14.9 Å². The van der Waals surface area contributed by atoms with Gasteiger partial charge in [0.1, 0.15) is 16.8 Å². The Morgan fingerprint density at radius 2 is 2.10 bits per heavy atom. The maximum atomic E-state index is 13.3. The van der Waals surface area contributed by atoms with Gasteiger partial charge in [-0.05, 0) is 22.0 Å². The molecule has 0 saturated carbocycles. The van der Waals surface area contributed by atoms with Crippen LogP contribution in [0, 0.1) is 15.9 Å². The third-order valence-electron chi connectivity index (χ3n) is 3.03. The zero-order valence-electron chi connectivity index (χ0n) is 10.3. The predicted molar refractivity (Wildman–Crippen MR) is 74.6 cm³/mol. The Kier molecular flexibility index (Phi) is 4.00. The summed E-state index contributed by atoms with van der Waals surface area (Å²) in [5.74, 6) is -1.49. The van der Waals surface area contributed by atoms with Gasteiger partial charge in [-0.2, -0.15) is 0 Å². The van der Waals surface area contributed by atoms with Gasteiger partial charge in [0, 0.05) is 13.0 Å². The minimum Gasteiger partial charge on any atom is -0.304 e. The molecule has 1 aliphatic rings. The van der Waals surface area contributed by atoms with Crippen LogP contribution in [-0.2, 0) is 14.8 Å². The summed E-state index contributed by atoms with van der Waals surface area (Å²) in [5, 5.41) is 14.8. The van der Waals surface area contributed by atoms with E-state index in [1.54, 1.807) is 0 Å². The summed E-state index contributed by atoms with van der Waals surface area (Å²) in [6, 6.07) is 1.62. The molecule has 1 aliphatic heterocycles. The van der Waals surface area contributed by atoms with Crippen LogP contribution in [0.5, 0.6) is 0 Å². The maximum absolute atomic E-state index is 13.3. The van der Waals surface area contributed by atoms with Gasteiger partial charge in [-0.1, -0.05) is 0 Å². The van der Waals surface area contributed by atoms with Crippen molar-refractivity contribution in [3.63, 3.8) is 0 Å². The van der Waals surface area contributed by atoms with E-state index < -0.39 is 37.6 Å². The fourth-order valence-electron chi connectivity index (χ4n) is 2.07. The van der Waals surface area contributed by atoms with Gasteiger partial charge >= 0.3 is 0 Å². The van der Waals surface area contributed by atoms with Gasteiger partial charge in [0.05, 0.1) is 15.5 Å². The Bertz CT molecular complexity index is 738. The SMILES string of the molecule is NS(=O)(=O)C1CC(=O)N(c2c(Br)cc(F)cc2[N+](=O)[O-])C1. The van der Waals surface area contributed by atoms with Crippen LogP contribution in [0.1, 0.15) is 6.42 Å². The zero-order valence-corrected chi connectivity index (χ0v) is 12.7. The molecule has 0 spiro atoms. The van der Waals surface area contributed by atoms with E-state index in [0.29, 0.717) is 6.07 Å². The lowest BCUT2D eigenvalue weighted by Crippen LogP contribution is -2.32. The first-order valence-electron chi connectivity index (χ1n) is 5.56. The molecule has 0 bridgehead atoms. The standard InChI is InChI=1S/C10H9BrFN3O5S/c11-7-1-5(12)2-8(15(17)18)10(7)14-4-6(3-9(14)16)21(13,19)20/h1-2,6H,3-4H2,(H2,13,19,20). The van der Waals surface area contributed by atoms with Crippen molar-refractivity contribution in [1.29, 1.82) is 0 Å². The Balaban J connectivity index is 2.53. The second-order valence-electron chi connectivity index (χ2n) is 4.43. The van der Waals surface area contributed by atoms with Crippen LogP contribution >= 0.6 is 15.9 Å². The number of nitrogens with zero attached hydrogens (tertiary/aromatic N) is 2.